The average molecular weight is 326 g/mol. The average Bonchev–Trinajstić information content (AvgIpc) is 2.97. The normalized spacial score (nSPS) is 15.2. The summed E-state index contributed by atoms with van der Waals surface area (Å²) in [6.45, 7) is 0. The molecule has 0 aromatic heterocycles. The third-order valence-electron chi connectivity index (χ3n) is 3.59. The predicted molar refractivity (Wildman–Crippen MR) is 88.0 cm³/mol. The maximum atomic E-state index is 12.9. The van der Waals surface area contributed by atoms with Crippen molar-refractivity contribution in [3.63, 3.8) is 0 Å². The molecule has 1 aliphatic rings. The molecular weight excluding hydrogens is 311 g/mol. The zero-order valence-electron chi connectivity index (χ0n) is 13.2. The van der Waals surface area contributed by atoms with Gasteiger partial charge in [-0.2, -0.15) is 0 Å². The van der Waals surface area contributed by atoms with Crippen molar-refractivity contribution in [1.29, 1.82) is 0 Å². The molecular formula is C19H15FO4. The van der Waals surface area contributed by atoms with Gasteiger partial charge in [0.25, 0.3) is 0 Å². The van der Waals surface area contributed by atoms with Crippen molar-refractivity contribution < 1.29 is 23.4 Å². The minimum atomic E-state index is -0.455. The van der Waals surface area contributed by atoms with Crippen LogP contribution in [0, 0.1) is 5.82 Å². The number of carbonyl (C=O) groups excluding carboxylic acids is 1. The molecule has 0 amide bonds. The van der Waals surface area contributed by atoms with Crippen molar-refractivity contribution in [1.82, 2.24) is 0 Å². The van der Waals surface area contributed by atoms with Crippen molar-refractivity contribution in [2.24, 2.45) is 0 Å². The fraction of sp³-hybridized carbons (Fsp3) is 0.105. The van der Waals surface area contributed by atoms with Crippen LogP contribution in [0.1, 0.15) is 11.1 Å². The van der Waals surface area contributed by atoms with Crippen LogP contribution in [0.25, 0.3) is 11.8 Å². The van der Waals surface area contributed by atoms with E-state index in [9.17, 15) is 9.18 Å². The van der Waals surface area contributed by atoms with E-state index in [1.54, 1.807) is 49.6 Å². The van der Waals surface area contributed by atoms with Gasteiger partial charge < -0.3 is 14.2 Å². The number of halogens is 1. The summed E-state index contributed by atoms with van der Waals surface area (Å²) in [6.07, 6.45) is 3.29. The number of rotatable bonds is 4. The summed E-state index contributed by atoms with van der Waals surface area (Å²) in [5, 5.41) is 0. The van der Waals surface area contributed by atoms with E-state index >= 15 is 0 Å². The van der Waals surface area contributed by atoms with Crippen LogP contribution >= 0.6 is 0 Å². The van der Waals surface area contributed by atoms with Crippen LogP contribution in [-0.4, -0.2) is 20.2 Å². The van der Waals surface area contributed by atoms with Gasteiger partial charge in [0, 0.05) is 5.56 Å². The van der Waals surface area contributed by atoms with Gasteiger partial charge in [-0.25, -0.2) is 9.18 Å². The molecule has 1 aliphatic heterocycles. The molecule has 0 unspecified atom stereocenters. The first-order chi connectivity index (χ1) is 11.6. The van der Waals surface area contributed by atoms with Gasteiger partial charge in [-0.1, -0.05) is 12.1 Å². The van der Waals surface area contributed by atoms with E-state index in [4.69, 9.17) is 14.2 Å². The number of ether oxygens (including phenoxy) is 3. The SMILES string of the molecule is COc1ccc(C2=C/C(=C\c3ccc(F)cc3)C(=O)O2)cc1OC. The molecule has 4 nitrogen and oxygen atoms in total. The summed E-state index contributed by atoms with van der Waals surface area (Å²) in [5.41, 5.74) is 1.81. The molecule has 2 aromatic carbocycles. The smallest absolute Gasteiger partial charge is 0.343 e. The van der Waals surface area contributed by atoms with Crippen LogP contribution in [-0.2, 0) is 9.53 Å². The summed E-state index contributed by atoms with van der Waals surface area (Å²) in [4.78, 5) is 12.0. The summed E-state index contributed by atoms with van der Waals surface area (Å²) in [6, 6.07) is 11.1. The first-order valence-corrected chi connectivity index (χ1v) is 7.24. The minimum Gasteiger partial charge on any atom is -0.493 e. The highest BCUT2D eigenvalue weighted by Crippen LogP contribution is 2.33. The minimum absolute atomic E-state index is 0.326. The highest BCUT2D eigenvalue weighted by molar-refractivity contribution is 6.05. The van der Waals surface area contributed by atoms with Gasteiger partial charge in [0.1, 0.15) is 11.6 Å². The lowest BCUT2D eigenvalue weighted by molar-refractivity contribution is -0.130. The van der Waals surface area contributed by atoms with Gasteiger partial charge in [0.05, 0.1) is 19.8 Å². The second-order valence-corrected chi connectivity index (χ2v) is 5.12. The Morgan fingerprint density at radius 2 is 1.71 bits per heavy atom. The predicted octanol–water partition coefficient (Wildman–Crippen LogP) is 3.82. The molecule has 5 heteroatoms. The van der Waals surface area contributed by atoms with Crippen molar-refractivity contribution >= 4 is 17.8 Å². The van der Waals surface area contributed by atoms with E-state index in [2.05, 4.69) is 0 Å². The number of benzene rings is 2. The molecule has 0 fully saturated rings. The quantitative estimate of drug-likeness (QED) is 0.633. The van der Waals surface area contributed by atoms with Crippen LogP contribution in [0.5, 0.6) is 11.5 Å². The summed E-state index contributed by atoms with van der Waals surface area (Å²) >= 11 is 0. The van der Waals surface area contributed by atoms with Crippen molar-refractivity contribution in [3.05, 3.63) is 71.1 Å². The molecule has 0 aliphatic carbocycles. The lowest BCUT2D eigenvalue weighted by atomic mass is 10.1. The molecule has 0 N–H and O–H groups in total. The van der Waals surface area contributed by atoms with Crippen molar-refractivity contribution in [2.45, 2.75) is 0 Å². The fourth-order valence-electron chi connectivity index (χ4n) is 2.36. The maximum Gasteiger partial charge on any atom is 0.343 e. The van der Waals surface area contributed by atoms with Crippen molar-refractivity contribution in [3.8, 4) is 11.5 Å². The molecule has 122 valence electrons. The Morgan fingerprint density at radius 3 is 2.38 bits per heavy atom. The van der Waals surface area contributed by atoms with Crippen LogP contribution in [0.2, 0.25) is 0 Å². The molecule has 0 atom stereocenters. The third kappa shape index (κ3) is 3.15. The molecule has 1 heterocycles. The van der Waals surface area contributed by atoms with E-state index in [-0.39, 0.29) is 5.82 Å². The second-order valence-electron chi connectivity index (χ2n) is 5.12. The number of esters is 1. The van der Waals surface area contributed by atoms with Gasteiger partial charge in [-0.05, 0) is 48.0 Å². The van der Waals surface area contributed by atoms with Gasteiger partial charge in [-0.15, -0.1) is 0 Å². The number of carbonyl (C=O) groups is 1. The molecule has 0 saturated carbocycles. The third-order valence-corrected chi connectivity index (χ3v) is 3.59. The van der Waals surface area contributed by atoms with Crippen molar-refractivity contribution in [2.75, 3.05) is 14.2 Å². The Labute approximate surface area is 138 Å². The van der Waals surface area contributed by atoms with Crippen LogP contribution in [0.15, 0.2) is 54.1 Å². The first-order valence-electron chi connectivity index (χ1n) is 7.24. The van der Waals surface area contributed by atoms with Gasteiger partial charge in [0.15, 0.2) is 11.5 Å². The zero-order valence-corrected chi connectivity index (χ0v) is 13.2. The Kier molecular flexibility index (Phi) is 4.33. The molecule has 0 radical (unpaired) electrons. The standard InChI is InChI=1S/C19H15FO4/c1-22-16-8-5-13(10-18(16)23-2)17-11-14(19(21)24-17)9-12-3-6-15(20)7-4-12/h3-11H,1-2H3/b14-9+. The van der Waals surface area contributed by atoms with E-state index in [1.165, 1.54) is 19.2 Å². The molecule has 0 saturated heterocycles. The Morgan fingerprint density at radius 1 is 1.00 bits per heavy atom. The molecule has 2 aromatic rings. The Balaban J connectivity index is 1.93. The summed E-state index contributed by atoms with van der Waals surface area (Å²) in [5.74, 6) is 0.780. The number of hydrogen-bond donors (Lipinski definition) is 0. The number of hydrogen-bond acceptors (Lipinski definition) is 4. The first kappa shape index (κ1) is 15.8. The maximum absolute atomic E-state index is 12.9. The zero-order chi connectivity index (χ0) is 17.1. The van der Waals surface area contributed by atoms with Crippen LogP contribution < -0.4 is 9.47 Å². The molecule has 3 rings (SSSR count). The van der Waals surface area contributed by atoms with Gasteiger partial charge in [0.2, 0.25) is 0 Å². The van der Waals surface area contributed by atoms with E-state index in [0.717, 1.165) is 0 Å². The topological polar surface area (TPSA) is 44.8 Å². The highest BCUT2D eigenvalue weighted by atomic mass is 19.1. The Bertz CT molecular complexity index is 835. The summed E-state index contributed by atoms with van der Waals surface area (Å²) in [7, 11) is 3.09. The largest absolute Gasteiger partial charge is 0.493 e. The van der Waals surface area contributed by atoms with Gasteiger partial charge in [-0.3, -0.25) is 0 Å². The monoisotopic (exact) mass is 326 g/mol. The fourth-order valence-corrected chi connectivity index (χ4v) is 2.36. The number of methoxy groups -OCH3 is 2. The van der Waals surface area contributed by atoms with Gasteiger partial charge >= 0.3 is 5.97 Å². The highest BCUT2D eigenvalue weighted by Gasteiger charge is 2.22. The van der Waals surface area contributed by atoms with E-state index in [1.807, 2.05) is 0 Å². The van der Waals surface area contributed by atoms with E-state index in [0.29, 0.717) is 34.0 Å². The Hall–Kier alpha value is -3.08. The summed E-state index contributed by atoms with van der Waals surface area (Å²) < 4.78 is 28.7. The lowest BCUT2D eigenvalue weighted by Gasteiger charge is -2.09. The molecule has 24 heavy (non-hydrogen) atoms. The van der Waals surface area contributed by atoms with Crippen LogP contribution in [0.4, 0.5) is 4.39 Å². The lowest BCUT2D eigenvalue weighted by Crippen LogP contribution is -1.98. The molecule has 0 spiro atoms. The van der Waals surface area contributed by atoms with E-state index < -0.39 is 5.97 Å². The van der Waals surface area contributed by atoms with Crippen LogP contribution in [0.3, 0.4) is 0 Å². The second kappa shape index (κ2) is 6.58. The molecule has 0 bridgehead atoms. The number of cyclic esters (lactones) is 1.